The van der Waals surface area contributed by atoms with E-state index in [0.29, 0.717) is 12.2 Å². The number of anilines is 1. The van der Waals surface area contributed by atoms with Crippen molar-refractivity contribution < 1.29 is 5.11 Å². The molecule has 0 spiro atoms. The quantitative estimate of drug-likeness (QED) is 0.580. The molecule has 0 radical (unpaired) electrons. The molecule has 4 heteroatoms. The maximum Gasteiger partial charge on any atom is 0.115 e. The maximum absolute atomic E-state index is 9.28. The van der Waals surface area contributed by atoms with E-state index in [0.717, 1.165) is 43.5 Å². The van der Waals surface area contributed by atoms with Gasteiger partial charge in [0.2, 0.25) is 0 Å². The van der Waals surface area contributed by atoms with E-state index in [-0.39, 0.29) is 12.4 Å². The van der Waals surface area contributed by atoms with E-state index >= 15 is 0 Å². The Bertz CT molecular complexity index is 388. The number of rotatable bonds is 7. The first kappa shape index (κ1) is 16.6. The summed E-state index contributed by atoms with van der Waals surface area (Å²) < 4.78 is 0. The Balaban J connectivity index is 0.00000289. The monoisotopic (exact) mass is 268 g/mol. The van der Waals surface area contributed by atoms with Crippen molar-refractivity contribution in [2.24, 2.45) is 0 Å². The first-order valence-electron chi connectivity index (χ1n) is 6.14. The Morgan fingerprint density at radius 1 is 1.22 bits per heavy atom. The van der Waals surface area contributed by atoms with Gasteiger partial charge >= 0.3 is 0 Å². The van der Waals surface area contributed by atoms with Crippen LogP contribution in [0.3, 0.4) is 0 Å². The highest BCUT2D eigenvalue weighted by atomic mass is 35.5. The molecule has 0 heterocycles. The molecule has 0 aliphatic rings. The van der Waals surface area contributed by atoms with E-state index in [2.05, 4.69) is 11.4 Å². The number of aromatic hydroxyl groups is 1. The minimum atomic E-state index is 0. The second kappa shape index (κ2) is 9.61. The van der Waals surface area contributed by atoms with E-state index in [4.69, 9.17) is 5.26 Å². The standard InChI is InChI=1S/C14H20N2O.ClH/c1-12-11-13(17)7-8-14(12)16-10-6-4-2-3-5-9-15;/h7-8,11,16-17H,2-6,10H2,1H3;1H. The molecule has 2 N–H and O–H groups in total. The minimum absolute atomic E-state index is 0. The van der Waals surface area contributed by atoms with Crippen LogP contribution in [0.1, 0.15) is 37.7 Å². The number of benzene rings is 1. The van der Waals surface area contributed by atoms with Gasteiger partial charge in [0.25, 0.3) is 0 Å². The number of halogens is 1. The fraction of sp³-hybridized carbons (Fsp3) is 0.500. The molecule has 0 fully saturated rings. The summed E-state index contributed by atoms with van der Waals surface area (Å²) in [4.78, 5) is 0. The molecule has 0 saturated carbocycles. The third kappa shape index (κ3) is 6.36. The summed E-state index contributed by atoms with van der Waals surface area (Å²) >= 11 is 0. The van der Waals surface area contributed by atoms with Gasteiger partial charge < -0.3 is 10.4 Å². The largest absolute Gasteiger partial charge is 0.508 e. The van der Waals surface area contributed by atoms with Gasteiger partial charge in [-0.15, -0.1) is 12.4 Å². The van der Waals surface area contributed by atoms with Crippen LogP contribution in [0.4, 0.5) is 5.69 Å². The van der Waals surface area contributed by atoms with Crippen LogP contribution in [0.2, 0.25) is 0 Å². The van der Waals surface area contributed by atoms with E-state index in [9.17, 15) is 5.11 Å². The van der Waals surface area contributed by atoms with Gasteiger partial charge in [-0.05, 0) is 43.5 Å². The van der Waals surface area contributed by atoms with Crippen LogP contribution in [0.15, 0.2) is 18.2 Å². The Kier molecular flexibility index (Phi) is 8.86. The fourth-order valence-corrected chi connectivity index (χ4v) is 1.75. The average molecular weight is 269 g/mol. The highest BCUT2D eigenvalue weighted by molar-refractivity contribution is 5.85. The smallest absolute Gasteiger partial charge is 0.115 e. The number of phenolic OH excluding ortho intramolecular Hbond substituents is 1. The predicted octanol–water partition coefficient (Wildman–Crippen LogP) is 4.01. The SMILES string of the molecule is Cc1cc(O)ccc1NCCCCCCC#N.Cl. The van der Waals surface area contributed by atoms with E-state index in [1.165, 1.54) is 0 Å². The van der Waals surface area contributed by atoms with Crippen molar-refractivity contribution in [1.29, 1.82) is 5.26 Å². The van der Waals surface area contributed by atoms with Crippen molar-refractivity contribution in [3.63, 3.8) is 0 Å². The molecular weight excluding hydrogens is 248 g/mol. The molecule has 3 nitrogen and oxygen atoms in total. The van der Waals surface area contributed by atoms with Crippen molar-refractivity contribution in [3.8, 4) is 11.8 Å². The molecule has 0 bridgehead atoms. The number of nitrogens with one attached hydrogen (secondary N) is 1. The van der Waals surface area contributed by atoms with Crippen molar-refractivity contribution in [2.75, 3.05) is 11.9 Å². The molecule has 0 aromatic heterocycles. The summed E-state index contributed by atoms with van der Waals surface area (Å²) in [5.74, 6) is 0.310. The van der Waals surface area contributed by atoms with Crippen LogP contribution in [0, 0.1) is 18.3 Å². The summed E-state index contributed by atoms with van der Waals surface area (Å²) in [6.07, 6.45) is 5.08. The highest BCUT2D eigenvalue weighted by Crippen LogP contribution is 2.20. The number of nitriles is 1. The van der Waals surface area contributed by atoms with Crippen LogP contribution < -0.4 is 5.32 Å². The number of nitrogens with zero attached hydrogens (tertiary/aromatic N) is 1. The third-order valence-corrected chi connectivity index (χ3v) is 2.74. The second-order valence-corrected chi connectivity index (χ2v) is 4.25. The van der Waals surface area contributed by atoms with Crippen LogP contribution in [0.5, 0.6) is 5.75 Å². The molecule has 0 atom stereocenters. The average Bonchev–Trinajstić information content (AvgIpc) is 2.30. The van der Waals surface area contributed by atoms with Gasteiger partial charge in [-0.2, -0.15) is 5.26 Å². The number of hydrogen-bond acceptors (Lipinski definition) is 3. The Labute approximate surface area is 115 Å². The van der Waals surface area contributed by atoms with Gasteiger partial charge in [0.1, 0.15) is 5.75 Å². The van der Waals surface area contributed by atoms with Crippen LogP contribution >= 0.6 is 12.4 Å². The molecule has 1 aromatic rings. The van der Waals surface area contributed by atoms with E-state index < -0.39 is 0 Å². The van der Waals surface area contributed by atoms with Gasteiger partial charge in [0, 0.05) is 18.7 Å². The predicted molar refractivity (Wildman–Crippen MR) is 77.3 cm³/mol. The Morgan fingerprint density at radius 2 is 1.94 bits per heavy atom. The number of phenols is 1. The first-order valence-corrected chi connectivity index (χ1v) is 6.14. The van der Waals surface area contributed by atoms with Crippen molar-refractivity contribution in [1.82, 2.24) is 0 Å². The second-order valence-electron chi connectivity index (χ2n) is 4.25. The molecule has 0 unspecified atom stereocenters. The van der Waals surface area contributed by atoms with Crippen molar-refractivity contribution >= 4 is 18.1 Å². The molecule has 100 valence electrons. The van der Waals surface area contributed by atoms with Gasteiger partial charge in [-0.25, -0.2) is 0 Å². The molecule has 18 heavy (non-hydrogen) atoms. The zero-order chi connectivity index (χ0) is 12.5. The van der Waals surface area contributed by atoms with Crippen LogP contribution in [0.25, 0.3) is 0 Å². The number of hydrogen-bond donors (Lipinski definition) is 2. The van der Waals surface area contributed by atoms with Gasteiger partial charge in [-0.3, -0.25) is 0 Å². The minimum Gasteiger partial charge on any atom is -0.508 e. The molecule has 0 amide bonds. The lowest BCUT2D eigenvalue weighted by molar-refractivity contribution is 0.475. The molecule has 0 aliphatic carbocycles. The normalized spacial score (nSPS) is 9.33. The van der Waals surface area contributed by atoms with Crippen molar-refractivity contribution in [3.05, 3.63) is 23.8 Å². The van der Waals surface area contributed by atoms with Crippen LogP contribution in [-0.4, -0.2) is 11.7 Å². The van der Waals surface area contributed by atoms with Gasteiger partial charge in [0.05, 0.1) is 6.07 Å². The Hall–Kier alpha value is -1.40. The van der Waals surface area contributed by atoms with Crippen molar-refractivity contribution in [2.45, 2.75) is 39.0 Å². The maximum atomic E-state index is 9.28. The molecular formula is C14H21ClN2O. The topological polar surface area (TPSA) is 56.0 Å². The third-order valence-electron chi connectivity index (χ3n) is 2.74. The summed E-state index contributed by atoms with van der Waals surface area (Å²) in [5.41, 5.74) is 2.15. The fourth-order valence-electron chi connectivity index (χ4n) is 1.75. The van der Waals surface area contributed by atoms with Gasteiger partial charge in [-0.1, -0.05) is 12.8 Å². The zero-order valence-corrected chi connectivity index (χ0v) is 11.6. The molecule has 0 aliphatic heterocycles. The summed E-state index contributed by atoms with van der Waals surface area (Å²) in [6, 6.07) is 7.52. The summed E-state index contributed by atoms with van der Waals surface area (Å²) in [5, 5.41) is 21.0. The molecule has 1 rings (SSSR count). The Morgan fingerprint density at radius 3 is 2.61 bits per heavy atom. The number of unbranched alkanes of at least 4 members (excludes halogenated alkanes) is 4. The zero-order valence-electron chi connectivity index (χ0n) is 10.8. The summed E-state index contributed by atoms with van der Waals surface area (Å²) in [7, 11) is 0. The lowest BCUT2D eigenvalue weighted by Crippen LogP contribution is -2.02. The van der Waals surface area contributed by atoms with Crippen LogP contribution in [-0.2, 0) is 0 Å². The first-order chi connectivity index (χ1) is 8.24. The van der Waals surface area contributed by atoms with E-state index in [1.807, 2.05) is 13.0 Å². The molecule has 0 saturated heterocycles. The highest BCUT2D eigenvalue weighted by Gasteiger charge is 1.98. The van der Waals surface area contributed by atoms with E-state index in [1.54, 1.807) is 12.1 Å². The number of aryl methyl sites for hydroxylation is 1. The lowest BCUT2D eigenvalue weighted by atomic mass is 10.1. The van der Waals surface area contributed by atoms with Gasteiger partial charge in [0.15, 0.2) is 0 Å². The summed E-state index contributed by atoms with van der Waals surface area (Å²) in [6.45, 7) is 2.92. The lowest BCUT2D eigenvalue weighted by Gasteiger charge is -2.09. The molecule has 1 aromatic carbocycles.